The molecule has 0 bridgehead atoms. The molecule has 0 saturated heterocycles. The summed E-state index contributed by atoms with van der Waals surface area (Å²) in [4.78, 5) is 53.0. The highest BCUT2D eigenvalue weighted by molar-refractivity contribution is 8.00. The molecule has 4 aromatic carbocycles. The molecule has 0 aromatic heterocycles. The van der Waals surface area contributed by atoms with Gasteiger partial charge in [0.05, 0.1) is 17.4 Å². The number of amides is 4. The molecule has 0 fully saturated rings. The van der Waals surface area contributed by atoms with Crippen LogP contribution in [0.2, 0.25) is 0 Å². The fourth-order valence-corrected chi connectivity index (χ4v) is 5.68. The predicted octanol–water partition coefficient (Wildman–Crippen LogP) is 6.14. The minimum absolute atomic E-state index is 0.00240. The van der Waals surface area contributed by atoms with Crippen molar-refractivity contribution in [1.29, 1.82) is 0 Å². The number of benzene rings is 4. The standard InChI is InChI=1S/C36H33N5O4S/c1-3-31(36(45)39-32-23-33(42)41(40-32)28-18-8-5-9-19-28)46-29-20-12-17-27(22-29)37-35(44)30(21-26-16-11-10-13-24(26)2)38-34(43)25-14-6-4-7-15-25/h4-22,31H,3,23H2,1-2H3,(H,37,44)(H,38,43)(H,39,40,45)/b30-21-. The van der Waals surface area contributed by atoms with E-state index in [2.05, 4.69) is 21.1 Å². The zero-order valence-corrected chi connectivity index (χ0v) is 26.2. The number of para-hydroxylation sites is 1. The normalized spacial score (nSPS) is 13.5. The van der Waals surface area contributed by atoms with E-state index in [1.807, 2.05) is 68.4 Å². The van der Waals surface area contributed by atoms with Crippen molar-refractivity contribution in [3.05, 3.63) is 132 Å². The zero-order valence-electron chi connectivity index (χ0n) is 25.4. The Morgan fingerprint density at radius 1 is 0.891 bits per heavy atom. The zero-order chi connectivity index (χ0) is 32.5. The van der Waals surface area contributed by atoms with E-state index in [0.717, 1.165) is 16.0 Å². The molecule has 0 saturated carbocycles. The third-order valence-electron chi connectivity index (χ3n) is 7.09. The number of anilines is 2. The lowest BCUT2D eigenvalue weighted by Crippen LogP contribution is -2.36. The summed E-state index contributed by atoms with van der Waals surface area (Å²) in [5, 5.41) is 13.6. The van der Waals surface area contributed by atoms with Crippen LogP contribution < -0.4 is 21.0 Å². The summed E-state index contributed by atoms with van der Waals surface area (Å²) in [5.41, 5.74) is 3.39. The average molecular weight is 632 g/mol. The molecule has 4 aromatic rings. The van der Waals surface area contributed by atoms with E-state index >= 15 is 0 Å². The lowest BCUT2D eigenvalue weighted by atomic mass is 10.1. The number of hydrazone groups is 1. The number of hydrogen-bond acceptors (Lipinski definition) is 6. The molecular weight excluding hydrogens is 598 g/mol. The second kappa shape index (κ2) is 15.0. The lowest BCUT2D eigenvalue weighted by molar-refractivity contribution is -0.119. The van der Waals surface area contributed by atoms with Gasteiger partial charge in [-0.25, -0.2) is 0 Å². The van der Waals surface area contributed by atoms with Crippen molar-refractivity contribution in [3.8, 4) is 0 Å². The Labute approximate surface area is 271 Å². The summed E-state index contributed by atoms with van der Waals surface area (Å²) < 4.78 is 0. The van der Waals surface area contributed by atoms with E-state index in [9.17, 15) is 19.2 Å². The van der Waals surface area contributed by atoms with Crippen LogP contribution in [0, 0.1) is 6.92 Å². The summed E-state index contributed by atoms with van der Waals surface area (Å²) in [6, 6.07) is 32.4. The fraction of sp³-hybridized carbons (Fsp3) is 0.139. The summed E-state index contributed by atoms with van der Waals surface area (Å²) in [6.45, 7) is 3.83. The molecule has 46 heavy (non-hydrogen) atoms. The molecule has 4 amide bonds. The number of hydrogen-bond donors (Lipinski definition) is 3. The van der Waals surface area contributed by atoms with E-state index in [1.165, 1.54) is 16.8 Å². The molecule has 1 unspecified atom stereocenters. The first kappa shape index (κ1) is 31.9. The van der Waals surface area contributed by atoms with Gasteiger partial charge in [0.15, 0.2) is 0 Å². The maximum absolute atomic E-state index is 13.5. The predicted molar refractivity (Wildman–Crippen MR) is 182 cm³/mol. The smallest absolute Gasteiger partial charge is 0.272 e. The van der Waals surface area contributed by atoms with Gasteiger partial charge >= 0.3 is 0 Å². The molecule has 232 valence electrons. The van der Waals surface area contributed by atoms with Crippen LogP contribution in [-0.2, 0) is 14.4 Å². The maximum Gasteiger partial charge on any atom is 0.272 e. The van der Waals surface area contributed by atoms with Crippen LogP contribution in [0.15, 0.2) is 125 Å². The Balaban J connectivity index is 1.28. The minimum atomic E-state index is -0.494. The van der Waals surface area contributed by atoms with E-state index < -0.39 is 17.1 Å². The molecule has 1 atom stereocenters. The Hall–Kier alpha value is -5.48. The van der Waals surface area contributed by atoms with Crippen molar-refractivity contribution >= 4 is 58.7 Å². The van der Waals surface area contributed by atoms with Crippen molar-refractivity contribution in [2.45, 2.75) is 36.8 Å². The first-order chi connectivity index (χ1) is 22.3. The minimum Gasteiger partial charge on any atom is -0.321 e. The number of rotatable bonds is 10. The van der Waals surface area contributed by atoms with Crippen LogP contribution in [0.5, 0.6) is 0 Å². The largest absolute Gasteiger partial charge is 0.321 e. The van der Waals surface area contributed by atoms with Crippen molar-refractivity contribution in [2.24, 2.45) is 5.10 Å². The van der Waals surface area contributed by atoms with Crippen LogP contribution in [0.4, 0.5) is 11.4 Å². The van der Waals surface area contributed by atoms with Gasteiger partial charge in [-0.1, -0.05) is 73.7 Å². The fourth-order valence-electron chi connectivity index (χ4n) is 4.67. The Kier molecular flexibility index (Phi) is 10.4. The number of carbonyl (C=O) groups excluding carboxylic acids is 4. The maximum atomic E-state index is 13.5. The number of nitrogens with zero attached hydrogens (tertiary/aromatic N) is 2. The average Bonchev–Trinajstić information content (AvgIpc) is 3.44. The van der Waals surface area contributed by atoms with Gasteiger partial charge in [0.1, 0.15) is 11.5 Å². The highest BCUT2D eigenvalue weighted by Crippen LogP contribution is 2.28. The number of nitrogens with one attached hydrogen (secondary N) is 3. The molecule has 0 aliphatic carbocycles. The Morgan fingerprint density at radius 3 is 2.30 bits per heavy atom. The highest BCUT2D eigenvalue weighted by atomic mass is 32.2. The van der Waals surface area contributed by atoms with Gasteiger partial charge in [0, 0.05) is 16.1 Å². The van der Waals surface area contributed by atoms with Gasteiger partial charge in [-0.05, 0) is 73.0 Å². The molecule has 0 spiro atoms. The topological polar surface area (TPSA) is 120 Å². The molecule has 1 aliphatic heterocycles. The van der Waals surface area contributed by atoms with Crippen molar-refractivity contribution in [1.82, 2.24) is 10.6 Å². The summed E-state index contributed by atoms with van der Waals surface area (Å²) in [7, 11) is 0. The first-order valence-corrected chi connectivity index (χ1v) is 15.7. The molecule has 1 aliphatic rings. The van der Waals surface area contributed by atoms with Gasteiger partial charge in [-0.15, -0.1) is 11.8 Å². The molecule has 5 rings (SSSR count). The van der Waals surface area contributed by atoms with Gasteiger partial charge < -0.3 is 16.0 Å². The second-order valence-corrected chi connectivity index (χ2v) is 11.8. The van der Waals surface area contributed by atoms with Crippen LogP contribution in [-0.4, -0.2) is 34.7 Å². The lowest BCUT2D eigenvalue weighted by Gasteiger charge is -2.16. The molecule has 1 heterocycles. The van der Waals surface area contributed by atoms with E-state index in [1.54, 1.807) is 60.7 Å². The second-order valence-electron chi connectivity index (χ2n) is 10.5. The van der Waals surface area contributed by atoms with E-state index in [4.69, 9.17) is 0 Å². The van der Waals surface area contributed by atoms with Crippen molar-refractivity contribution < 1.29 is 19.2 Å². The third-order valence-corrected chi connectivity index (χ3v) is 8.45. The number of carbonyl (C=O) groups is 4. The monoisotopic (exact) mass is 631 g/mol. The third kappa shape index (κ3) is 8.16. The molecule has 10 heteroatoms. The van der Waals surface area contributed by atoms with Gasteiger partial charge in [-0.3, -0.25) is 19.2 Å². The summed E-state index contributed by atoms with van der Waals surface area (Å²) in [5.74, 6) is -1.09. The molecule has 0 radical (unpaired) electrons. The molecular formula is C36H33N5O4S. The quantitative estimate of drug-likeness (QED) is 0.143. The number of amidine groups is 1. The van der Waals surface area contributed by atoms with Crippen LogP contribution in [0.25, 0.3) is 6.08 Å². The highest BCUT2D eigenvalue weighted by Gasteiger charge is 2.28. The van der Waals surface area contributed by atoms with Crippen LogP contribution in [0.3, 0.4) is 0 Å². The SMILES string of the molecule is CCC(Sc1cccc(NC(=O)/C(=C/c2ccccc2C)NC(=O)c2ccccc2)c1)C(=O)NC1=NN(c2ccccc2)C(=O)C1. The van der Waals surface area contributed by atoms with Crippen LogP contribution >= 0.6 is 11.8 Å². The number of thioether (sulfide) groups is 1. The van der Waals surface area contributed by atoms with E-state index in [-0.39, 0.29) is 23.9 Å². The van der Waals surface area contributed by atoms with Gasteiger partial charge in [0.25, 0.3) is 17.7 Å². The van der Waals surface area contributed by atoms with Gasteiger partial charge in [0.2, 0.25) is 5.91 Å². The Morgan fingerprint density at radius 2 is 1.59 bits per heavy atom. The van der Waals surface area contributed by atoms with Crippen molar-refractivity contribution in [3.63, 3.8) is 0 Å². The summed E-state index contributed by atoms with van der Waals surface area (Å²) in [6.07, 6.45) is 2.17. The van der Waals surface area contributed by atoms with Crippen LogP contribution in [0.1, 0.15) is 41.3 Å². The van der Waals surface area contributed by atoms with Gasteiger partial charge in [-0.2, -0.15) is 10.1 Å². The number of aryl methyl sites for hydroxylation is 1. The van der Waals surface area contributed by atoms with E-state index in [0.29, 0.717) is 29.2 Å². The first-order valence-electron chi connectivity index (χ1n) is 14.8. The summed E-state index contributed by atoms with van der Waals surface area (Å²) >= 11 is 1.34. The molecule has 9 nitrogen and oxygen atoms in total. The Bertz CT molecular complexity index is 1810. The van der Waals surface area contributed by atoms with Crippen molar-refractivity contribution in [2.75, 3.05) is 10.3 Å². The molecule has 3 N–H and O–H groups in total.